The second-order valence-electron chi connectivity index (χ2n) is 2.74. The fourth-order valence-electron chi connectivity index (χ4n) is 1.04. The van der Waals surface area contributed by atoms with E-state index in [0.29, 0.717) is 0 Å². The van der Waals surface area contributed by atoms with Crippen LogP contribution in [0.4, 0.5) is 8.78 Å². The first-order valence-corrected chi connectivity index (χ1v) is 4.62. The van der Waals surface area contributed by atoms with Gasteiger partial charge in [-0.2, -0.15) is 0 Å². The third-order valence-electron chi connectivity index (χ3n) is 1.72. The maximum Gasteiger partial charge on any atom is 0.308 e. The largest absolute Gasteiger partial charge is 0.481 e. The van der Waals surface area contributed by atoms with E-state index in [1.807, 2.05) is 0 Å². The lowest BCUT2D eigenvalue weighted by molar-refractivity contribution is -0.136. The molecule has 0 aliphatic heterocycles. The topological polar surface area (TPSA) is 70.2 Å². The van der Waals surface area contributed by atoms with E-state index < -0.39 is 29.8 Å². The number of nitrogens with one attached hydrogen (secondary N) is 1. The van der Waals surface area contributed by atoms with Crippen LogP contribution in [0.2, 0.25) is 0 Å². The number of hydrogen-bond donors (Lipinski definition) is 2. The second kappa shape index (κ2) is 4.52. The van der Waals surface area contributed by atoms with Crippen LogP contribution in [0.15, 0.2) is 15.6 Å². The molecule has 0 atom stereocenters. The molecule has 0 fully saturated rings. The summed E-state index contributed by atoms with van der Waals surface area (Å²) < 4.78 is 24.7. The van der Waals surface area contributed by atoms with Gasteiger partial charge in [0.25, 0.3) is 6.43 Å². The van der Waals surface area contributed by atoms with E-state index in [1.54, 1.807) is 0 Å². The summed E-state index contributed by atoms with van der Waals surface area (Å²) in [6.07, 6.45) is -2.66. The molecule has 1 rings (SSSR count). The number of carboxylic acid groups (broad SMARTS) is 1. The normalized spacial score (nSPS) is 10.7. The fraction of sp³-hybridized carbons (Fsp3) is 0.250. The summed E-state index contributed by atoms with van der Waals surface area (Å²) in [6, 6.07) is 0. The van der Waals surface area contributed by atoms with Gasteiger partial charge in [-0.25, -0.2) is 8.78 Å². The molecule has 0 amide bonds. The van der Waals surface area contributed by atoms with Crippen LogP contribution in [0.25, 0.3) is 0 Å². The van der Waals surface area contributed by atoms with Gasteiger partial charge in [0.1, 0.15) is 0 Å². The number of alkyl halides is 2. The van der Waals surface area contributed by atoms with Crippen molar-refractivity contribution in [3.8, 4) is 0 Å². The quantitative estimate of drug-likeness (QED) is 0.829. The van der Waals surface area contributed by atoms with Crippen LogP contribution in [0, 0.1) is 0 Å². The molecule has 1 aromatic rings. The van der Waals surface area contributed by atoms with Crippen molar-refractivity contribution in [1.29, 1.82) is 0 Å². The van der Waals surface area contributed by atoms with Gasteiger partial charge in [0.15, 0.2) is 5.43 Å². The zero-order valence-electron chi connectivity index (χ0n) is 7.26. The molecule has 1 heterocycles. The van der Waals surface area contributed by atoms with Crippen molar-refractivity contribution in [1.82, 2.24) is 4.98 Å². The van der Waals surface area contributed by atoms with E-state index >= 15 is 0 Å². The first-order valence-electron chi connectivity index (χ1n) is 3.83. The van der Waals surface area contributed by atoms with Gasteiger partial charge in [-0.1, -0.05) is 0 Å². The lowest BCUT2D eigenvalue weighted by atomic mass is 10.1. The van der Waals surface area contributed by atoms with Gasteiger partial charge in [0.2, 0.25) is 0 Å². The number of carboxylic acids is 1. The Hall–Kier alpha value is -1.24. The van der Waals surface area contributed by atoms with Crippen LogP contribution in [-0.2, 0) is 11.2 Å². The van der Waals surface area contributed by atoms with Gasteiger partial charge >= 0.3 is 5.97 Å². The van der Waals surface area contributed by atoms with E-state index in [1.165, 1.54) is 0 Å². The van der Waals surface area contributed by atoms with Gasteiger partial charge in [-0.3, -0.25) is 9.59 Å². The third-order valence-corrected chi connectivity index (χ3v) is 2.43. The Balaban J connectivity index is 3.30. The summed E-state index contributed by atoms with van der Waals surface area (Å²) in [4.78, 5) is 24.1. The van der Waals surface area contributed by atoms with Gasteiger partial charge in [0.05, 0.1) is 16.6 Å². The van der Waals surface area contributed by atoms with E-state index in [4.69, 9.17) is 5.11 Å². The average molecular weight is 282 g/mol. The minimum Gasteiger partial charge on any atom is -0.481 e. The van der Waals surface area contributed by atoms with Crippen molar-refractivity contribution in [2.75, 3.05) is 0 Å². The summed E-state index contributed by atoms with van der Waals surface area (Å²) in [5, 5.41) is 8.48. The number of pyridine rings is 1. The van der Waals surface area contributed by atoms with Crippen molar-refractivity contribution in [2.45, 2.75) is 12.8 Å². The van der Waals surface area contributed by atoms with Crippen LogP contribution in [-0.4, -0.2) is 16.1 Å². The van der Waals surface area contributed by atoms with E-state index in [0.717, 1.165) is 6.20 Å². The highest BCUT2D eigenvalue weighted by Gasteiger charge is 2.18. The predicted octanol–water partition coefficient (Wildman–Crippen LogP) is 1.70. The molecular formula is C8H6BrF2NO3. The lowest BCUT2D eigenvalue weighted by Gasteiger charge is -2.04. The second-order valence-corrected chi connectivity index (χ2v) is 3.53. The van der Waals surface area contributed by atoms with Crippen LogP contribution >= 0.6 is 15.9 Å². The standard InChI is InChI=1S/C8H6BrF2NO3/c9-7-3(1-5(13)14)6(15)4(2-12-7)8(10)11/h2,8H,1H2,(H,12,15)(H,13,14). The number of carbonyl (C=O) groups is 1. The Morgan fingerprint density at radius 1 is 1.60 bits per heavy atom. The Morgan fingerprint density at radius 3 is 2.67 bits per heavy atom. The number of halogens is 3. The maximum absolute atomic E-state index is 12.3. The Morgan fingerprint density at radius 2 is 2.20 bits per heavy atom. The number of aromatic nitrogens is 1. The van der Waals surface area contributed by atoms with Crippen LogP contribution in [0.1, 0.15) is 17.6 Å². The zero-order valence-corrected chi connectivity index (χ0v) is 8.85. The average Bonchev–Trinajstić information content (AvgIpc) is 2.11. The summed E-state index contributed by atoms with van der Waals surface area (Å²) in [5.41, 5.74) is -1.88. The Labute approximate surface area is 91.1 Å². The van der Waals surface area contributed by atoms with Crippen LogP contribution < -0.4 is 5.43 Å². The molecule has 0 saturated heterocycles. The van der Waals surface area contributed by atoms with Crippen molar-refractivity contribution < 1.29 is 18.7 Å². The molecule has 0 radical (unpaired) electrons. The zero-order chi connectivity index (χ0) is 11.6. The summed E-state index contributed by atoms with van der Waals surface area (Å²) >= 11 is 2.90. The molecule has 0 aromatic carbocycles. The minimum absolute atomic E-state index is 0.110. The van der Waals surface area contributed by atoms with Gasteiger partial charge in [0, 0.05) is 11.8 Å². The van der Waals surface area contributed by atoms with Crippen molar-refractivity contribution in [3.63, 3.8) is 0 Å². The third kappa shape index (κ3) is 2.62. The van der Waals surface area contributed by atoms with Crippen LogP contribution in [0.5, 0.6) is 0 Å². The van der Waals surface area contributed by atoms with E-state index in [9.17, 15) is 18.4 Å². The lowest BCUT2D eigenvalue weighted by Crippen LogP contribution is -2.19. The SMILES string of the molecule is O=C(O)Cc1c(Br)[nH]cc(C(F)F)c1=O. The molecule has 0 bridgehead atoms. The number of aliphatic carboxylic acids is 1. The first kappa shape index (κ1) is 11.8. The van der Waals surface area contributed by atoms with Gasteiger partial charge in [-0.05, 0) is 15.9 Å². The van der Waals surface area contributed by atoms with Crippen molar-refractivity contribution in [2.24, 2.45) is 0 Å². The van der Waals surface area contributed by atoms with Crippen LogP contribution in [0.3, 0.4) is 0 Å². The summed E-state index contributed by atoms with van der Waals surface area (Å²) in [5.74, 6) is -1.26. The molecule has 0 saturated carbocycles. The number of hydrogen-bond acceptors (Lipinski definition) is 2. The van der Waals surface area contributed by atoms with E-state index in [-0.39, 0.29) is 10.2 Å². The molecule has 1 aromatic heterocycles. The number of aromatic amines is 1. The fourth-order valence-corrected chi connectivity index (χ4v) is 1.47. The van der Waals surface area contributed by atoms with Crippen molar-refractivity contribution >= 4 is 21.9 Å². The number of rotatable bonds is 3. The van der Waals surface area contributed by atoms with E-state index in [2.05, 4.69) is 20.9 Å². The molecule has 0 aliphatic carbocycles. The van der Waals surface area contributed by atoms with Gasteiger partial charge < -0.3 is 10.1 Å². The maximum atomic E-state index is 12.3. The Kier molecular flexibility index (Phi) is 3.57. The smallest absolute Gasteiger partial charge is 0.308 e. The van der Waals surface area contributed by atoms with Gasteiger partial charge in [-0.15, -0.1) is 0 Å². The molecular weight excluding hydrogens is 276 g/mol. The highest BCUT2D eigenvalue weighted by Crippen LogP contribution is 2.18. The molecule has 15 heavy (non-hydrogen) atoms. The number of H-pyrrole nitrogens is 1. The summed E-state index contributed by atoms with van der Waals surface area (Å²) in [6.45, 7) is 0. The Bertz CT molecular complexity index is 444. The summed E-state index contributed by atoms with van der Waals surface area (Å²) in [7, 11) is 0. The molecule has 0 unspecified atom stereocenters. The molecule has 0 spiro atoms. The minimum atomic E-state index is -2.92. The predicted molar refractivity (Wildman–Crippen MR) is 51.1 cm³/mol. The molecule has 4 nitrogen and oxygen atoms in total. The highest BCUT2D eigenvalue weighted by molar-refractivity contribution is 9.10. The monoisotopic (exact) mass is 281 g/mol. The highest BCUT2D eigenvalue weighted by atomic mass is 79.9. The van der Waals surface area contributed by atoms with Crippen molar-refractivity contribution in [3.05, 3.63) is 32.2 Å². The molecule has 82 valence electrons. The molecule has 7 heteroatoms. The molecule has 0 aliphatic rings. The molecule has 2 N–H and O–H groups in total. The first-order chi connectivity index (χ1) is 6.93.